The van der Waals surface area contributed by atoms with E-state index >= 15 is 0 Å². The van der Waals surface area contributed by atoms with Crippen LogP contribution in [0.5, 0.6) is 0 Å². The molecular weight excluding hydrogens is 186 g/mol. The van der Waals surface area contributed by atoms with Gasteiger partial charge in [-0.1, -0.05) is 27.7 Å². The summed E-state index contributed by atoms with van der Waals surface area (Å²) in [6.07, 6.45) is 1.86. The molecule has 1 aliphatic heterocycles. The highest BCUT2D eigenvalue weighted by Crippen LogP contribution is 2.50. The van der Waals surface area contributed by atoms with Crippen LogP contribution in [-0.4, -0.2) is 37.7 Å². The SMILES string of the molecule is CC.CC.COC(C)[C@@H]1[C@H]2CC2CN1C. The van der Waals surface area contributed by atoms with E-state index in [-0.39, 0.29) is 0 Å². The molecule has 2 unspecified atom stereocenters. The molecule has 2 rings (SSSR count). The lowest BCUT2D eigenvalue weighted by Crippen LogP contribution is -2.38. The number of piperidine rings is 1. The zero-order chi connectivity index (χ0) is 12.0. The van der Waals surface area contributed by atoms with Gasteiger partial charge in [0, 0.05) is 19.7 Å². The van der Waals surface area contributed by atoms with Gasteiger partial charge in [0.1, 0.15) is 0 Å². The highest BCUT2D eigenvalue weighted by Gasteiger charge is 2.52. The van der Waals surface area contributed by atoms with Crippen LogP contribution < -0.4 is 0 Å². The average molecular weight is 215 g/mol. The summed E-state index contributed by atoms with van der Waals surface area (Å²) >= 11 is 0. The number of likely N-dealkylation sites (N-methyl/N-ethyl adjacent to an activating group) is 1. The Morgan fingerprint density at radius 3 is 2.07 bits per heavy atom. The Morgan fingerprint density at radius 2 is 1.73 bits per heavy atom. The molecule has 15 heavy (non-hydrogen) atoms. The third-order valence-corrected chi connectivity index (χ3v) is 3.30. The van der Waals surface area contributed by atoms with E-state index in [9.17, 15) is 0 Å². The summed E-state index contributed by atoms with van der Waals surface area (Å²) in [4.78, 5) is 2.45. The third-order valence-electron chi connectivity index (χ3n) is 3.30. The highest BCUT2D eigenvalue weighted by molar-refractivity contribution is 5.05. The van der Waals surface area contributed by atoms with E-state index in [1.54, 1.807) is 0 Å². The Labute approximate surface area is 96.0 Å². The van der Waals surface area contributed by atoms with E-state index in [0.29, 0.717) is 12.1 Å². The molecule has 0 bridgehead atoms. The van der Waals surface area contributed by atoms with Gasteiger partial charge in [-0.15, -0.1) is 0 Å². The summed E-state index contributed by atoms with van der Waals surface area (Å²) in [5.41, 5.74) is 0. The number of likely N-dealkylation sites (tertiary alicyclic amines) is 1. The van der Waals surface area contributed by atoms with Crippen LogP contribution in [0.2, 0.25) is 0 Å². The van der Waals surface area contributed by atoms with Crippen LogP contribution in [0.3, 0.4) is 0 Å². The second kappa shape index (κ2) is 7.24. The first kappa shape index (κ1) is 14.9. The van der Waals surface area contributed by atoms with E-state index in [2.05, 4.69) is 18.9 Å². The van der Waals surface area contributed by atoms with Crippen molar-refractivity contribution in [3.8, 4) is 0 Å². The first-order valence-corrected chi connectivity index (χ1v) is 6.47. The summed E-state index contributed by atoms with van der Waals surface area (Å²) in [6, 6.07) is 0.699. The van der Waals surface area contributed by atoms with Crippen molar-refractivity contribution < 1.29 is 4.74 Å². The molecule has 0 amide bonds. The largest absolute Gasteiger partial charge is 0.380 e. The lowest BCUT2D eigenvalue weighted by Gasteiger charge is -2.27. The van der Waals surface area contributed by atoms with Crippen molar-refractivity contribution in [3.63, 3.8) is 0 Å². The van der Waals surface area contributed by atoms with E-state index in [0.717, 1.165) is 11.8 Å². The molecule has 0 aromatic carbocycles. The monoisotopic (exact) mass is 215 g/mol. The quantitative estimate of drug-likeness (QED) is 0.702. The van der Waals surface area contributed by atoms with Crippen LogP contribution in [0.1, 0.15) is 41.0 Å². The molecule has 1 aliphatic carbocycles. The standard InChI is InChI=1S/C9H17NO.2C2H6/c1-6(11-3)9-8-4-7(8)5-10(9)2;2*1-2/h6-9H,4-5H2,1-3H3;2*1-2H3/t6?,7?,8-,9+;;/m0../s1. The van der Waals surface area contributed by atoms with Gasteiger partial charge in [-0.3, -0.25) is 0 Å². The Morgan fingerprint density at radius 1 is 1.20 bits per heavy atom. The molecule has 4 atom stereocenters. The van der Waals surface area contributed by atoms with Gasteiger partial charge in [0.05, 0.1) is 6.10 Å². The minimum atomic E-state index is 0.414. The third kappa shape index (κ3) is 3.46. The molecule has 0 aromatic heterocycles. The molecule has 2 heteroatoms. The van der Waals surface area contributed by atoms with Crippen molar-refractivity contribution in [2.24, 2.45) is 11.8 Å². The smallest absolute Gasteiger partial charge is 0.0701 e. The molecule has 1 saturated carbocycles. The number of ether oxygens (including phenoxy) is 1. The van der Waals surface area contributed by atoms with Crippen molar-refractivity contribution >= 4 is 0 Å². The van der Waals surface area contributed by atoms with Crippen molar-refractivity contribution in [2.75, 3.05) is 20.7 Å². The number of hydrogen-bond donors (Lipinski definition) is 0. The Kier molecular flexibility index (Phi) is 7.20. The van der Waals surface area contributed by atoms with Crippen LogP contribution >= 0.6 is 0 Å². The first-order chi connectivity index (χ1) is 7.24. The number of nitrogens with zero attached hydrogens (tertiary/aromatic N) is 1. The lowest BCUT2D eigenvalue weighted by atomic mass is 10.1. The van der Waals surface area contributed by atoms with Crippen LogP contribution in [0, 0.1) is 11.8 Å². The van der Waals surface area contributed by atoms with Crippen molar-refractivity contribution in [2.45, 2.75) is 53.2 Å². The molecule has 1 heterocycles. The fourth-order valence-corrected chi connectivity index (χ4v) is 2.56. The van der Waals surface area contributed by atoms with Gasteiger partial charge in [0.15, 0.2) is 0 Å². The number of fused-ring (bicyclic) bond motifs is 1. The minimum Gasteiger partial charge on any atom is -0.380 e. The molecule has 0 aromatic rings. The van der Waals surface area contributed by atoms with E-state index in [1.807, 2.05) is 34.8 Å². The molecule has 2 fully saturated rings. The van der Waals surface area contributed by atoms with Gasteiger partial charge in [0.2, 0.25) is 0 Å². The average Bonchev–Trinajstić information content (AvgIpc) is 2.96. The van der Waals surface area contributed by atoms with Gasteiger partial charge >= 0.3 is 0 Å². The lowest BCUT2D eigenvalue weighted by molar-refractivity contribution is 0.0415. The van der Waals surface area contributed by atoms with E-state index in [1.165, 1.54) is 13.0 Å². The summed E-state index contributed by atoms with van der Waals surface area (Å²) in [6.45, 7) is 11.5. The molecular formula is C13H29NO. The zero-order valence-electron chi connectivity index (χ0n) is 11.6. The highest BCUT2D eigenvalue weighted by atomic mass is 16.5. The second-order valence-electron chi connectivity index (χ2n) is 4.03. The number of methoxy groups -OCH3 is 1. The predicted octanol–water partition coefficient (Wildman–Crippen LogP) is 3.02. The fraction of sp³-hybridized carbons (Fsp3) is 1.00. The van der Waals surface area contributed by atoms with E-state index in [4.69, 9.17) is 4.74 Å². The normalized spacial score (nSPS) is 34.2. The van der Waals surface area contributed by atoms with E-state index < -0.39 is 0 Å². The molecule has 2 nitrogen and oxygen atoms in total. The summed E-state index contributed by atoms with van der Waals surface area (Å²) < 4.78 is 5.36. The van der Waals surface area contributed by atoms with Crippen molar-refractivity contribution in [1.29, 1.82) is 0 Å². The molecule has 1 saturated heterocycles. The van der Waals surface area contributed by atoms with Gasteiger partial charge in [0.25, 0.3) is 0 Å². The predicted molar refractivity (Wildman–Crippen MR) is 67.2 cm³/mol. The zero-order valence-corrected chi connectivity index (χ0v) is 11.6. The number of rotatable bonds is 2. The van der Waals surface area contributed by atoms with Crippen LogP contribution in [-0.2, 0) is 4.74 Å². The maximum Gasteiger partial charge on any atom is 0.0701 e. The second-order valence-corrected chi connectivity index (χ2v) is 4.03. The maximum absolute atomic E-state index is 5.36. The molecule has 0 radical (unpaired) electrons. The Hall–Kier alpha value is -0.0800. The van der Waals surface area contributed by atoms with Crippen molar-refractivity contribution in [1.82, 2.24) is 4.90 Å². The van der Waals surface area contributed by atoms with Crippen LogP contribution in [0.15, 0.2) is 0 Å². The molecule has 0 N–H and O–H groups in total. The Bertz CT molecular complexity index is 159. The fourth-order valence-electron chi connectivity index (χ4n) is 2.56. The van der Waals surface area contributed by atoms with Gasteiger partial charge < -0.3 is 9.64 Å². The van der Waals surface area contributed by atoms with Crippen molar-refractivity contribution in [3.05, 3.63) is 0 Å². The van der Waals surface area contributed by atoms with Gasteiger partial charge in [-0.05, 0) is 32.2 Å². The first-order valence-electron chi connectivity index (χ1n) is 6.47. The Balaban J connectivity index is 0.000000442. The summed E-state index contributed by atoms with van der Waals surface area (Å²) in [7, 11) is 4.03. The van der Waals surface area contributed by atoms with Gasteiger partial charge in [-0.25, -0.2) is 0 Å². The molecule has 92 valence electrons. The minimum absolute atomic E-state index is 0.414. The maximum atomic E-state index is 5.36. The summed E-state index contributed by atoms with van der Waals surface area (Å²) in [5, 5.41) is 0. The number of hydrogen-bond acceptors (Lipinski definition) is 2. The molecule has 2 aliphatic rings. The summed E-state index contributed by atoms with van der Waals surface area (Å²) in [5.74, 6) is 1.96. The molecule has 0 spiro atoms. The van der Waals surface area contributed by atoms with Crippen LogP contribution in [0.4, 0.5) is 0 Å². The topological polar surface area (TPSA) is 12.5 Å². The van der Waals surface area contributed by atoms with Crippen LogP contribution in [0.25, 0.3) is 0 Å². The van der Waals surface area contributed by atoms with Gasteiger partial charge in [-0.2, -0.15) is 0 Å².